The predicted octanol–water partition coefficient (Wildman–Crippen LogP) is 6.96. The molecule has 8 heteroatoms. The number of amides is 1. The van der Waals surface area contributed by atoms with Crippen LogP contribution in [0.4, 0.5) is 4.39 Å². The highest BCUT2D eigenvalue weighted by Gasteiger charge is 2.24. The zero-order chi connectivity index (χ0) is 23.1. The third-order valence-corrected chi connectivity index (χ3v) is 6.74. The van der Waals surface area contributed by atoms with Gasteiger partial charge in [-0.1, -0.05) is 41.9 Å². The van der Waals surface area contributed by atoms with Crippen LogP contribution in [-0.2, 0) is 6.61 Å². The summed E-state index contributed by atoms with van der Waals surface area (Å²) in [6.45, 7) is 0.240. The summed E-state index contributed by atoms with van der Waals surface area (Å²) in [5.74, 6) is -0.338. The minimum atomic E-state index is -0.532. The molecule has 0 unspecified atom stereocenters. The number of rotatable bonds is 6. The highest BCUT2D eigenvalue weighted by atomic mass is 35.5. The Balaban J connectivity index is 2.20. The van der Waals surface area contributed by atoms with Crippen molar-refractivity contribution in [3.05, 3.63) is 82.6 Å². The second kappa shape index (κ2) is 11.4. The van der Waals surface area contributed by atoms with Gasteiger partial charge in [0.05, 0.1) is 12.7 Å². The molecule has 1 amide bonds. The molecule has 166 valence electrons. The molecule has 0 aliphatic rings. The van der Waals surface area contributed by atoms with E-state index in [9.17, 15) is 9.18 Å². The first kappa shape index (κ1) is 24.2. The van der Waals surface area contributed by atoms with E-state index in [1.54, 1.807) is 12.1 Å². The Hall–Kier alpha value is -2.48. The number of hydrogen-bond donors (Lipinski definition) is 0. The fourth-order valence-electron chi connectivity index (χ4n) is 3.08. The van der Waals surface area contributed by atoms with Crippen LogP contribution < -0.4 is 9.47 Å². The van der Waals surface area contributed by atoms with Crippen LogP contribution in [-0.4, -0.2) is 29.9 Å². The second-order valence-electron chi connectivity index (χ2n) is 6.51. The van der Waals surface area contributed by atoms with E-state index < -0.39 is 11.7 Å². The molecule has 32 heavy (non-hydrogen) atoms. The first-order chi connectivity index (χ1) is 15.5. The maximum atomic E-state index is 14.2. The molecular formula is C24H21ClFNO3S2. The lowest BCUT2D eigenvalue weighted by Gasteiger charge is -2.17. The third-order valence-electron chi connectivity index (χ3n) is 4.54. The third kappa shape index (κ3) is 5.65. The summed E-state index contributed by atoms with van der Waals surface area (Å²) in [6.07, 6.45) is 3.67. The summed E-state index contributed by atoms with van der Waals surface area (Å²) in [6, 6.07) is 16.9. The molecule has 0 aliphatic carbocycles. The van der Waals surface area contributed by atoms with Crippen LogP contribution in [0.1, 0.15) is 15.9 Å². The maximum Gasteiger partial charge on any atom is 0.283 e. The summed E-state index contributed by atoms with van der Waals surface area (Å²) in [4.78, 5) is 17.6. The quantitative estimate of drug-likeness (QED) is 0.277. The Labute approximate surface area is 200 Å². The van der Waals surface area contributed by atoms with Crippen LogP contribution in [0.2, 0.25) is 5.02 Å². The van der Waals surface area contributed by atoms with Crippen molar-refractivity contribution in [3.63, 3.8) is 0 Å². The van der Waals surface area contributed by atoms with Crippen molar-refractivity contribution in [2.75, 3.05) is 19.6 Å². The summed E-state index contributed by atoms with van der Waals surface area (Å²) < 4.78 is 26.2. The molecule has 4 nitrogen and oxygen atoms in total. The fraction of sp³-hybridized carbons (Fsp3) is 0.167. The van der Waals surface area contributed by atoms with Gasteiger partial charge in [-0.15, -0.1) is 23.5 Å². The number of methoxy groups -OCH3 is 1. The van der Waals surface area contributed by atoms with Gasteiger partial charge in [-0.25, -0.2) is 4.39 Å². The van der Waals surface area contributed by atoms with Gasteiger partial charge in [0.15, 0.2) is 0 Å². The van der Waals surface area contributed by atoms with E-state index in [2.05, 4.69) is 4.99 Å². The molecule has 0 atom stereocenters. The highest BCUT2D eigenvalue weighted by Crippen LogP contribution is 2.42. The zero-order valence-electron chi connectivity index (χ0n) is 17.7. The van der Waals surface area contributed by atoms with Crippen molar-refractivity contribution in [1.82, 2.24) is 0 Å². The number of benzene rings is 3. The van der Waals surface area contributed by atoms with Crippen molar-refractivity contribution in [3.8, 4) is 22.6 Å². The van der Waals surface area contributed by atoms with Crippen molar-refractivity contribution in [2.45, 2.75) is 6.61 Å². The summed E-state index contributed by atoms with van der Waals surface area (Å²) in [7, 11) is 1.47. The zero-order valence-corrected chi connectivity index (χ0v) is 20.1. The van der Waals surface area contributed by atoms with Crippen LogP contribution in [0, 0.1) is 5.82 Å². The highest BCUT2D eigenvalue weighted by molar-refractivity contribution is 8.38. The van der Waals surface area contributed by atoms with E-state index >= 15 is 0 Å². The first-order valence-corrected chi connectivity index (χ1v) is 12.3. The number of hydrogen-bond acceptors (Lipinski definition) is 5. The van der Waals surface area contributed by atoms with Crippen LogP contribution in [0.3, 0.4) is 0 Å². The number of thioether (sulfide) groups is 2. The van der Waals surface area contributed by atoms with E-state index in [0.29, 0.717) is 27.0 Å². The van der Waals surface area contributed by atoms with Crippen LogP contribution in [0.15, 0.2) is 65.7 Å². The molecule has 0 radical (unpaired) electrons. The molecule has 0 bridgehead atoms. The fourth-order valence-corrected chi connectivity index (χ4v) is 4.35. The lowest BCUT2D eigenvalue weighted by molar-refractivity contribution is 0.1000. The number of aliphatic imine (C=N–C) groups is 1. The average Bonchev–Trinajstić information content (AvgIpc) is 2.82. The molecular weight excluding hydrogens is 469 g/mol. The second-order valence-corrected chi connectivity index (χ2v) is 8.76. The topological polar surface area (TPSA) is 47.9 Å². The maximum absolute atomic E-state index is 14.2. The molecule has 3 aromatic carbocycles. The smallest absolute Gasteiger partial charge is 0.283 e. The molecule has 0 saturated heterocycles. The largest absolute Gasteiger partial charge is 0.496 e. The number of carbonyl (C=O) groups is 1. The van der Waals surface area contributed by atoms with Gasteiger partial charge in [-0.2, -0.15) is 4.99 Å². The van der Waals surface area contributed by atoms with Gasteiger partial charge in [0.1, 0.15) is 28.3 Å². The number of carbonyl (C=O) groups excluding carboxylic acids is 1. The van der Waals surface area contributed by atoms with Gasteiger partial charge >= 0.3 is 0 Å². The minimum Gasteiger partial charge on any atom is -0.496 e. The molecule has 3 rings (SSSR count). The van der Waals surface area contributed by atoms with Gasteiger partial charge in [-0.3, -0.25) is 4.79 Å². The van der Waals surface area contributed by atoms with E-state index in [-0.39, 0.29) is 17.2 Å². The van der Waals surface area contributed by atoms with Crippen LogP contribution >= 0.6 is 35.1 Å². The summed E-state index contributed by atoms with van der Waals surface area (Å²) >= 11 is 9.26. The van der Waals surface area contributed by atoms with E-state index in [4.69, 9.17) is 21.1 Å². The molecule has 0 heterocycles. The Morgan fingerprint density at radius 3 is 2.38 bits per heavy atom. The van der Waals surface area contributed by atoms with Crippen molar-refractivity contribution in [1.29, 1.82) is 0 Å². The molecule has 0 fully saturated rings. The Bertz CT molecular complexity index is 1130. The Morgan fingerprint density at radius 1 is 1.03 bits per heavy atom. The SMILES string of the molecule is COc1ccc(F)cc1-c1c(Cl)ccc(OCc2ccccc2)c1C(=O)N=C(SC)SC. The van der Waals surface area contributed by atoms with Gasteiger partial charge in [-0.05, 0) is 48.4 Å². The van der Waals surface area contributed by atoms with Gasteiger partial charge in [0.2, 0.25) is 0 Å². The molecule has 0 N–H and O–H groups in total. The molecule has 0 aromatic heterocycles. The summed E-state index contributed by atoms with van der Waals surface area (Å²) in [5.41, 5.74) is 1.74. The molecule has 0 spiro atoms. The van der Waals surface area contributed by atoms with Crippen LogP contribution in [0.25, 0.3) is 11.1 Å². The predicted molar refractivity (Wildman–Crippen MR) is 133 cm³/mol. The lowest BCUT2D eigenvalue weighted by atomic mass is 9.97. The first-order valence-electron chi connectivity index (χ1n) is 9.52. The molecule has 0 aliphatic heterocycles. The van der Waals surface area contributed by atoms with E-state index in [0.717, 1.165) is 5.56 Å². The van der Waals surface area contributed by atoms with Crippen molar-refractivity contribution in [2.24, 2.45) is 4.99 Å². The van der Waals surface area contributed by atoms with E-state index in [1.165, 1.54) is 48.8 Å². The summed E-state index contributed by atoms with van der Waals surface area (Å²) in [5, 5.41) is 0.259. The number of halogens is 2. The monoisotopic (exact) mass is 489 g/mol. The average molecular weight is 490 g/mol. The van der Waals surface area contributed by atoms with Crippen molar-refractivity contribution < 1.29 is 18.7 Å². The molecule has 0 saturated carbocycles. The van der Waals surface area contributed by atoms with E-state index in [1.807, 2.05) is 42.8 Å². The Kier molecular flexibility index (Phi) is 8.61. The Morgan fingerprint density at radius 2 is 1.72 bits per heavy atom. The molecule has 3 aromatic rings. The van der Waals surface area contributed by atoms with Gasteiger partial charge in [0.25, 0.3) is 5.91 Å². The normalized spacial score (nSPS) is 10.5. The number of ether oxygens (including phenoxy) is 2. The van der Waals surface area contributed by atoms with Gasteiger partial charge in [0, 0.05) is 16.1 Å². The lowest BCUT2D eigenvalue weighted by Crippen LogP contribution is -2.07. The van der Waals surface area contributed by atoms with Gasteiger partial charge < -0.3 is 9.47 Å². The van der Waals surface area contributed by atoms with Crippen molar-refractivity contribution >= 4 is 45.4 Å². The standard InChI is InChI=1S/C24H21ClFNO3S2/c1-29-19-11-9-16(26)13-17(19)21-18(25)10-12-20(30-14-15-7-5-4-6-8-15)22(21)23(28)27-24(31-2)32-3/h4-13H,14H2,1-3H3. The number of nitrogens with zero attached hydrogens (tertiary/aromatic N) is 1. The van der Waals surface area contributed by atoms with Crippen LogP contribution in [0.5, 0.6) is 11.5 Å². The minimum absolute atomic E-state index is 0.151.